The van der Waals surface area contributed by atoms with Crippen LogP contribution in [0.25, 0.3) is 0 Å². The third-order valence-corrected chi connectivity index (χ3v) is 10.3. The van der Waals surface area contributed by atoms with Gasteiger partial charge in [0.2, 0.25) is 0 Å². The number of piperazine rings is 1. The minimum absolute atomic E-state index is 0.0304. The molecule has 3 aliphatic heterocycles. The van der Waals surface area contributed by atoms with E-state index in [1.165, 1.54) is 7.11 Å². The first-order valence-electron chi connectivity index (χ1n) is 15.3. The summed E-state index contributed by atoms with van der Waals surface area (Å²) >= 11 is 0. The van der Waals surface area contributed by atoms with Crippen LogP contribution < -0.4 is 19.5 Å². The normalized spacial score (nSPS) is 23.4. The van der Waals surface area contributed by atoms with Gasteiger partial charge < -0.3 is 34.8 Å². The van der Waals surface area contributed by atoms with Crippen molar-refractivity contribution in [2.45, 2.75) is 63.5 Å². The van der Waals surface area contributed by atoms with Crippen molar-refractivity contribution in [3.05, 3.63) is 74.8 Å². The average molecular weight is 629 g/mol. The lowest BCUT2D eigenvalue weighted by Crippen LogP contribution is -2.68. The molecule has 2 bridgehead atoms. The Morgan fingerprint density at radius 1 is 0.935 bits per heavy atom. The molecule has 0 saturated carbocycles. The van der Waals surface area contributed by atoms with Gasteiger partial charge in [-0.1, -0.05) is 18.2 Å². The van der Waals surface area contributed by atoms with E-state index in [4.69, 9.17) is 14.2 Å². The van der Waals surface area contributed by atoms with E-state index in [2.05, 4.69) is 21.2 Å². The lowest BCUT2D eigenvalue weighted by atomic mass is 9.71. The SMILES string of the molecule is COc1c(C)c(OC)c2c(c1O)[C@H]1[C@@H]3Cc4c(OC)c(C)c(CO)c(O)c4[C@H](CNC(=O)c4ccccc4)N3[C@@H](C#N)[C@H](C2)N1C. The fourth-order valence-corrected chi connectivity index (χ4v) is 8.31. The Kier molecular flexibility index (Phi) is 8.23. The molecule has 1 amide bonds. The molecule has 3 aliphatic rings. The third-order valence-electron chi connectivity index (χ3n) is 10.3. The van der Waals surface area contributed by atoms with E-state index in [-0.39, 0.29) is 30.0 Å². The molecule has 5 atom stereocenters. The van der Waals surface area contributed by atoms with Gasteiger partial charge in [-0.2, -0.15) is 5.26 Å². The summed E-state index contributed by atoms with van der Waals surface area (Å²) in [6, 6.07) is 8.98. The summed E-state index contributed by atoms with van der Waals surface area (Å²) < 4.78 is 17.5. The summed E-state index contributed by atoms with van der Waals surface area (Å²) in [6.07, 6.45) is 0.783. The predicted molar refractivity (Wildman–Crippen MR) is 170 cm³/mol. The minimum Gasteiger partial charge on any atom is -0.507 e. The molecule has 3 aromatic carbocycles. The number of rotatable bonds is 7. The first kappa shape index (κ1) is 31.5. The second-order valence-corrected chi connectivity index (χ2v) is 12.2. The Bertz CT molecular complexity index is 1740. The lowest BCUT2D eigenvalue weighted by Gasteiger charge is -2.60. The first-order chi connectivity index (χ1) is 22.1. The molecule has 0 aromatic heterocycles. The smallest absolute Gasteiger partial charge is 0.251 e. The van der Waals surface area contributed by atoms with Crippen LogP contribution >= 0.6 is 0 Å². The highest BCUT2D eigenvalue weighted by Crippen LogP contribution is 2.58. The van der Waals surface area contributed by atoms with Gasteiger partial charge in [0, 0.05) is 63.1 Å². The number of phenolic OH excluding ortho intramolecular Hbond substituents is 1. The summed E-state index contributed by atoms with van der Waals surface area (Å²) in [5.74, 6) is 1.16. The number of nitrogens with one attached hydrogen (secondary N) is 1. The zero-order chi connectivity index (χ0) is 33.0. The van der Waals surface area contributed by atoms with E-state index in [0.717, 1.165) is 11.1 Å². The number of amides is 1. The molecule has 4 N–H and O–H groups in total. The van der Waals surface area contributed by atoms with Crippen LogP contribution in [0.2, 0.25) is 0 Å². The molecule has 3 aromatic rings. The number of nitriles is 1. The third kappa shape index (κ3) is 4.47. The maximum absolute atomic E-state index is 13.3. The van der Waals surface area contributed by atoms with Crippen molar-refractivity contribution in [2.24, 2.45) is 0 Å². The van der Waals surface area contributed by atoms with E-state index >= 15 is 0 Å². The number of hydrogen-bond donors (Lipinski definition) is 4. The molecular weight excluding hydrogens is 588 g/mol. The number of methoxy groups -OCH3 is 3. The maximum Gasteiger partial charge on any atom is 0.251 e. The van der Waals surface area contributed by atoms with Gasteiger partial charge in [0.05, 0.1) is 46.1 Å². The van der Waals surface area contributed by atoms with Gasteiger partial charge >= 0.3 is 0 Å². The molecule has 11 nitrogen and oxygen atoms in total. The van der Waals surface area contributed by atoms with Gasteiger partial charge in [-0.15, -0.1) is 0 Å². The van der Waals surface area contributed by atoms with Crippen molar-refractivity contribution < 1.29 is 34.3 Å². The fraction of sp³-hybridized carbons (Fsp3) is 0.429. The standard InChI is InChI=1S/C35H40N4O7/c1-17-22(16-40)30(41)27-20(32(17)44-4)13-24-29-28-21(33(45-5)18(2)34(46-6)31(28)42)12-23(38(29)3)25(14-36)39(24)26(27)15-37-35(43)19-10-8-7-9-11-19/h7-11,23-26,29,40-42H,12-13,15-16H2,1-6H3,(H,37,43)/t23-,24-,25-,26-,29+/m0/s1. The van der Waals surface area contributed by atoms with Gasteiger partial charge in [0.1, 0.15) is 23.3 Å². The Morgan fingerprint density at radius 2 is 1.54 bits per heavy atom. The molecule has 3 heterocycles. The molecule has 0 spiro atoms. The number of fused-ring (bicyclic) bond motifs is 7. The Morgan fingerprint density at radius 3 is 2.15 bits per heavy atom. The zero-order valence-corrected chi connectivity index (χ0v) is 26.9. The van der Waals surface area contributed by atoms with Crippen molar-refractivity contribution in [3.8, 4) is 34.8 Å². The van der Waals surface area contributed by atoms with Gasteiger partial charge in [0.25, 0.3) is 5.91 Å². The molecule has 0 radical (unpaired) electrons. The van der Waals surface area contributed by atoms with Crippen LogP contribution in [0.4, 0.5) is 0 Å². The molecule has 0 aliphatic carbocycles. The number of carbonyl (C=O) groups excluding carboxylic acids is 1. The van der Waals surface area contributed by atoms with Crippen LogP contribution in [0.15, 0.2) is 30.3 Å². The topological polar surface area (TPSA) is 148 Å². The fourth-order valence-electron chi connectivity index (χ4n) is 8.31. The number of nitrogens with zero attached hydrogens (tertiary/aromatic N) is 3. The number of aliphatic hydroxyl groups is 1. The average Bonchev–Trinajstić information content (AvgIpc) is 3.05. The molecule has 0 unspecified atom stereocenters. The van der Waals surface area contributed by atoms with Crippen LogP contribution in [0.3, 0.4) is 0 Å². The van der Waals surface area contributed by atoms with Crippen molar-refractivity contribution >= 4 is 5.91 Å². The Labute approximate surface area is 268 Å². The van der Waals surface area contributed by atoms with Gasteiger partial charge in [-0.25, -0.2) is 0 Å². The summed E-state index contributed by atoms with van der Waals surface area (Å²) in [6.45, 7) is 3.30. The Balaban J connectivity index is 1.59. The number of likely N-dealkylation sites (N-methyl/N-ethyl adjacent to an activating group) is 1. The molecule has 1 fully saturated rings. The molecule has 1 saturated heterocycles. The molecular formula is C35H40N4O7. The molecule has 242 valence electrons. The lowest BCUT2D eigenvalue weighted by molar-refractivity contribution is -0.0724. The quantitative estimate of drug-likeness (QED) is 0.307. The number of carbonyl (C=O) groups is 1. The number of ether oxygens (including phenoxy) is 3. The van der Waals surface area contributed by atoms with Crippen LogP contribution in [-0.2, 0) is 19.4 Å². The number of aliphatic hydroxyl groups excluding tert-OH is 1. The van der Waals surface area contributed by atoms with Crippen LogP contribution in [-0.4, -0.2) is 84.1 Å². The van der Waals surface area contributed by atoms with Crippen LogP contribution in [0.5, 0.6) is 28.7 Å². The predicted octanol–water partition coefficient (Wildman–Crippen LogP) is 3.43. The first-order valence-corrected chi connectivity index (χ1v) is 15.3. The Hall–Kier alpha value is -4.50. The zero-order valence-electron chi connectivity index (χ0n) is 26.9. The number of hydrogen-bond acceptors (Lipinski definition) is 10. The van der Waals surface area contributed by atoms with E-state index in [0.29, 0.717) is 63.5 Å². The molecule has 46 heavy (non-hydrogen) atoms. The van der Waals surface area contributed by atoms with Crippen molar-refractivity contribution in [1.82, 2.24) is 15.1 Å². The summed E-state index contributed by atoms with van der Waals surface area (Å²) in [5, 5.41) is 47.7. The minimum atomic E-state index is -0.664. The van der Waals surface area contributed by atoms with Crippen molar-refractivity contribution in [1.29, 1.82) is 5.26 Å². The summed E-state index contributed by atoms with van der Waals surface area (Å²) in [4.78, 5) is 17.6. The van der Waals surface area contributed by atoms with E-state index in [1.54, 1.807) is 45.4 Å². The molecule has 6 rings (SSSR count). The highest BCUT2D eigenvalue weighted by atomic mass is 16.5. The number of benzene rings is 3. The van der Waals surface area contributed by atoms with Gasteiger partial charge in [-0.3, -0.25) is 14.6 Å². The summed E-state index contributed by atoms with van der Waals surface area (Å²) in [5.41, 5.74) is 4.88. The van der Waals surface area contributed by atoms with Gasteiger partial charge in [0.15, 0.2) is 11.5 Å². The van der Waals surface area contributed by atoms with E-state index < -0.39 is 30.8 Å². The maximum atomic E-state index is 13.3. The highest BCUT2D eigenvalue weighted by molar-refractivity contribution is 5.94. The van der Waals surface area contributed by atoms with Crippen molar-refractivity contribution in [2.75, 3.05) is 34.9 Å². The van der Waals surface area contributed by atoms with Crippen LogP contribution in [0, 0.1) is 25.2 Å². The summed E-state index contributed by atoms with van der Waals surface area (Å²) in [7, 11) is 6.63. The largest absolute Gasteiger partial charge is 0.507 e. The van der Waals surface area contributed by atoms with E-state index in [9.17, 15) is 25.4 Å². The monoisotopic (exact) mass is 628 g/mol. The van der Waals surface area contributed by atoms with Gasteiger partial charge in [-0.05, 0) is 45.9 Å². The van der Waals surface area contributed by atoms with Crippen LogP contribution in [0.1, 0.15) is 61.4 Å². The highest BCUT2D eigenvalue weighted by Gasteiger charge is 2.57. The molecule has 11 heteroatoms. The second kappa shape index (κ2) is 12.0. The van der Waals surface area contributed by atoms with Crippen molar-refractivity contribution in [3.63, 3.8) is 0 Å². The second-order valence-electron chi connectivity index (χ2n) is 12.2. The number of phenols is 2. The number of aromatic hydroxyl groups is 2. The van der Waals surface area contributed by atoms with E-state index in [1.807, 2.05) is 20.0 Å².